The molecule has 0 unspecified atom stereocenters. The van der Waals surface area contributed by atoms with Crippen LogP contribution >= 0.6 is 0 Å². The summed E-state index contributed by atoms with van der Waals surface area (Å²) in [7, 11) is 1.66. The highest BCUT2D eigenvalue weighted by Gasteiger charge is 2.09. The molecule has 0 radical (unpaired) electrons. The number of nitrogens with one attached hydrogen (secondary N) is 1. The molecule has 7 heteroatoms. The predicted molar refractivity (Wildman–Crippen MR) is 104 cm³/mol. The zero-order valence-electron chi connectivity index (χ0n) is 16.0. The van der Waals surface area contributed by atoms with E-state index < -0.39 is 0 Å². The van der Waals surface area contributed by atoms with E-state index in [1.54, 1.807) is 7.11 Å². The summed E-state index contributed by atoms with van der Waals surface area (Å²) < 4.78 is 16.2. The molecule has 0 atom stereocenters. The van der Waals surface area contributed by atoms with Gasteiger partial charge in [0, 0.05) is 32.3 Å². The maximum absolute atomic E-state index is 5.99. The number of hydrogen-bond acceptors (Lipinski definition) is 5. The van der Waals surface area contributed by atoms with Crippen molar-refractivity contribution in [1.82, 2.24) is 10.2 Å². The highest BCUT2D eigenvalue weighted by Crippen LogP contribution is 2.21. The highest BCUT2D eigenvalue weighted by molar-refractivity contribution is 5.77. The summed E-state index contributed by atoms with van der Waals surface area (Å²) in [4.78, 5) is 6.85. The van der Waals surface area contributed by atoms with Crippen molar-refractivity contribution in [3.63, 3.8) is 0 Å². The standard InChI is InChI=1S/C19H32N4O3/c1-16-4-5-17(18(14-16)26-13-12-24-2)15-22-19(20)21-6-3-7-23-8-10-25-11-9-23/h4-5,14H,3,6-13,15H2,1-2H3,(H3,20,21,22). The summed E-state index contributed by atoms with van der Waals surface area (Å²) in [6.07, 6.45) is 1.03. The van der Waals surface area contributed by atoms with E-state index in [-0.39, 0.29) is 0 Å². The van der Waals surface area contributed by atoms with Gasteiger partial charge in [0.25, 0.3) is 0 Å². The number of morpholine rings is 1. The third-order valence-electron chi connectivity index (χ3n) is 4.25. The molecule has 0 amide bonds. The molecule has 7 nitrogen and oxygen atoms in total. The van der Waals surface area contributed by atoms with Crippen LogP contribution < -0.4 is 15.8 Å². The summed E-state index contributed by atoms with van der Waals surface area (Å²) >= 11 is 0. The Morgan fingerprint density at radius 3 is 2.88 bits per heavy atom. The van der Waals surface area contributed by atoms with Gasteiger partial charge in [-0.3, -0.25) is 4.90 Å². The Labute approximate surface area is 156 Å². The molecular formula is C19H32N4O3. The highest BCUT2D eigenvalue weighted by atomic mass is 16.5. The van der Waals surface area contributed by atoms with E-state index in [4.69, 9.17) is 19.9 Å². The van der Waals surface area contributed by atoms with Crippen LogP contribution in [0.3, 0.4) is 0 Å². The largest absolute Gasteiger partial charge is 0.491 e. The molecule has 1 heterocycles. The van der Waals surface area contributed by atoms with Crippen LogP contribution in [0.4, 0.5) is 0 Å². The molecule has 1 aromatic carbocycles. The normalized spacial score (nSPS) is 15.8. The van der Waals surface area contributed by atoms with Crippen molar-refractivity contribution in [2.75, 3.05) is 59.7 Å². The molecule has 26 heavy (non-hydrogen) atoms. The average Bonchev–Trinajstić information content (AvgIpc) is 2.65. The van der Waals surface area contributed by atoms with Gasteiger partial charge in [-0.15, -0.1) is 0 Å². The lowest BCUT2D eigenvalue weighted by Gasteiger charge is -2.26. The molecule has 0 saturated carbocycles. The lowest BCUT2D eigenvalue weighted by molar-refractivity contribution is 0.0376. The topological polar surface area (TPSA) is 81.3 Å². The number of nitrogens with zero attached hydrogens (tertiary/aromatic N) is 2. The average molecular weight is 364 g/mol. The fraction of sp³-hybridized carbons (Fsp3) is 0.632. The Morgan fingerprint density at radius 2 is 2.12 bits per heavy atom. The van der Waals surface area contributed by atoms with E-state index in [1.807, 2.05) is 19.1 Å². The van der Waals surface area contributed by atoms with Crippen LogP contribution in [0.25, 0.3) is 0 Å². The van der Waals surface area contributed by atoms with Gasteiger partial charge in [-0.05, 0) is 31.5 Å². The number of aliphatic imine (C=N–C) groups is 1. The Kier molecular flexibility index (Phi) is 9.23. The quantitative estimate of drug-likeness (QED) is 0.368. The molecule has 1 aliphatic rings. The second kappa shape index (κ2) is 11.7. The van der Waals surface area contributed by atoms with E-state index in [9.17, 15) is 0 Å². The second-order valence-corrected chi connectivity index (χ2v) is 6.39. The first kappa shape index (κ1) is 20.5. The van der Waals surface area contributed by atoms with E-state index in [1.165, 1.54) is 0 Å². The number of rotatable bonds is 10. The van der Waals surface area contributed by atoms with Crippen molar-refractivity contribution in [2.24, 2.45) is 10.7 Å². The molecule has 146 valence electrons. The van der Waals surface area contributed by atoms with Crippen LogP contribution in [0.5, 0.6) is 5.75 Å². The second-order valence-electron chi connectivity index (χ2n) is 6.39. The number of aryl methyl sites for hydroxylation is 1. The third-order valence-corrected chi connectivity index (χ3v) is 4.25. The van der Waals surface area contributed by atoms with Crippen molar-refractivity contribution in [2.45, 2.75) is 19.9 Å². The minimum Gasteiger partial charge on any atom is -0.491 e. The van der Waals surface area contributed by atoms with Gasteiger partial charge in [-0.25, -0.2) is 4.99 Å². The summed E-state index contributed by atoms with van der Waals surface area (Å²) in [5.74, 6) is 1.31. The molecule has 1 aromatic rings. The van der Waals surface area contributed by atoms with Gasteiger partial charge in [-0.2, -0.15) is 0 Å². The monoisotopic (exact) mass is 364 g/mol. The van der Waals surface area contributed by atoms with Crippen LogP contribution in [0.15, 0.2) is 23.2 Å². The van der Waals surface area contributed by atoms with Gasteiger partial charge in [-0.1, -0.05) is 12.1 Å². The smallest absolute Gasteiger partial charge is 0.188 e. The number of ether oxygens (including phenoxy) is 3. The lowest BCUT2D eigenvalue weighted by Crippen LogP contribution is -2.39. The summed E-state index contributed by atoms with van der Waals surface area (Å²) in [6, 6.07) is 6.11. The third kappa shape index (κ3) is 7.59. The van der Waals surface area contributed by atoms with Gasteiger partial charge in [0.15, 0.2) is 5.96 Å². The fourth-order valence-corrected chi connectivity index (χ4v) is 2.73. The molecule has 1 aliphatic heterocycles. The molecule has 2 rings (SSSR count). The zero-order chi connectivity index (χ0) is 18.6. The maximum atomic E-state index is 5.99. The number of methoxy groups -OCH3 is 1. The first-order valence-corrected chi connectivity index (χ1v) is 9.24. The minimum absolute atomic E-state index is 0.468. The summed E-state index contributed by atoms with van der Waals surface area (Å²) in [5.41, 5.74) is 8.16. The zero-order valence-corrected chi connectivity index (χ0v) is 16.0. The van der Waals surface area contributed by atoms with E-state index in [0.29, 0.717) is 25.7 Å². The van der Waals surface area contributed by atoms with E-state index in [0.717, 1.165) is 62.7 Å². The number of benzene rings is 1. The van der Waals surface area contributed by atoms with Crippen LogP contribution in [0, 0.1) is 6.92 Å². The molecule has 1 saturated heterocycles. The van der Waals surface area contributed by atoms with Gasteiger partial charge < -0.3 is 25.3 Å². The Morgan fingerprint density at radius 1 is 1.31 bits per heavy atom. The van der Waals surface area contributed by atoms with Gasteiger partial charge >= 0.3 is 0 Å². The fourth-order valence-electron chi connectivity index (χ4n) is 2.73. The van der Waals surface area contributed by atoms with Crippen molar-refractivity contribution in [3.8, 4) is 5.75 Å². The van der Waals surface area contributed by atoms with E-state index in [2.05, 4.69) is 21.3 Å². The summed E-state index contributed by atoms with van der Waals surface area (Å²) in [5, 5.41) is 3.18. The van der Waals surface area contributed by atoms with Gasteiger partial charge in [0.1, 0.15) is 12.4 Å². The maximum Gasteiger partial charge on any atom is 0.188 e. The predicted octanol–water partition coefficient (Wildman–Crippen LogP) is 1.15. The van der Waals surface area contributed by atoms with E-state index >= 15 is 0 Å². The van der Waals surface area contributed by atoms with Crippen molar-refractivity contribution >= 4 is 5.96 Å². The Bertz CT molecular complexity index is 560. The molecule has 1 fully saturated rings. The van der Waals surface area contributed by atoms with Gasteiger partial charge in [0.05, 0.1) is 26.4 Å². The molecular weight excluding hydrogens is 332 g/mol. The number of guanidine groups is 1. The number of nitrogens with two attached hydrogens (primary N) is 1. The molecule has 0 aromatic heterocycles. The van der Waals surface area contributed by atoms with Crippen molar-refractivity contribution in [1.29, 1.82) is 0 Å². The molecule has 3 N–H and O–H groups in total. The van der Waals surface area contributed by atoms with Crippen molar-refractivity contribution < 1.29 is 14.2 Å². The summed E-state index contributed by atoms with van der Waals surface area (Å²) in [6.45, 7) is 9.19. The van der Waals surface area contributed by atoms with Gasteiger partial charge in [0.2, 0.25) is 0 Å². The molecule has 0 spiro atoms. The SMILES string of the molecule is COCCOc1cc(C)ccc1CN=C(N)NCCCN1CCOCC1. The van der Waals surface area contributed by atoms with Crippen molar-refractivity contribution in [3.05, 3.63) is 29.3 Å². The Balaban J connectivity index is 1.74. The molecule has 0 aliphatic carbocycles. The number of hydrogen-bond donors (Lipinski definition) is 2. The first-order chi connectivity index (χ1) is 12.7. The van der Waals surface area contributed by atoms with Crippen LogP contribution in [0.2, 0.25) is 0 Å². The lowest BCUT2D eigenvalue weighted by atomic mass is 10.1. The Hall–Kier alpha value is -1.83. The van der Waals surface area contributed by atoms with Crippen LogP contribution in [-0.2, 0) is 16.0 Å². The molecule has 0 bridgehead atoms. The first-order valence-electron chi connectivity index (χ1n) is 9.24. The van der Waals surface area contributed by atoms with Crippen LogP contribution in [0.1, 0.15) is 17.5 Å². The minimum atomic E-state index is 0.468. The van der Waals surface area contributed by atoms with Crippen LogP contribution in [-0.4, -0.2) is 70.6 Å².